The molecule has 0 saturated carbocycles. The van der Waals surface area contributed by atoms with Gasteiger partial charge in [0, 0.05) is 24.6 Å². The first-order chi connectivity index (χ1) is 14.9. The van der Waals surface area contributed by atoms with Crippen molar-refractivity contribution in [1.29, 1.82) is 0 Å². The number of carbonyl (C=O) groups excluding carboxylic acids is 1. The van der Waals surface area contributed by atoms with Crippen LogP contribution in [-0.2, 0) is 22.4 Å². The zero-order valence-electron chi connectivity index (χ0n) is 17.5. The Labute approximate surface area is 181 Å². The number of hydrogen-bond acceptors (Lipinski definition) is 3. The Hall–Kier alpha value is -3.67. The molecule has 2 N–H and O–H groups in total. The number of aliphatic carboxylic acids is 1. The van der Waals surface area contributed by atoms with E-state index in [1.165, 1.54) is 4.57 Å². The van der Waals surface area contributed by atoms with Gasteiger partial charge in [-0.15, -0.1) is 0 Å². The first-order valence-electron chi connectivity index (χ1n) is 10.3. The van der Waals surface area contributed by atoms with Crippen LogP contribution in [0.15, 0.2) is 77.6 Å². The van der Waals surface area contributed by atoms with E-state index in [4.69, 9.17) is 0 Å². The van der Waals surface area contributed by atoms with Gasteiger partial charge >= 0.3 is 5.97 Å². The molecular formula is C25H26N2O4. The number of nitrogens with zero attached hydrogens (tertiary/aromatic N) is 1. The number of anilines is 1. The molecule has 0 spiro atoms. The molecule has 6 heteroatoms. The highest BCUT2D eigenvalue weighted by atomic mass is 16.4. The van der Waals surface area contributed by atoms with Crippen molar-refractivity contribution >= 4 is 17.6 Å². The molecule has 1 atom stereocenters. The van der Waals surface area contributed by atoms with Gasteiger partial charge in [0.15, 0.2) is 0 Å². The Morgan fingerprint density at radius 1 is 0.935 bits per heavy atom. The standard InChI is InChI=1S/C25H26N2O4/c1-18(16-24(29)30)27-21(17-20-10-6-3-7-11-20)13-14-22(25(27)31)26-23(28)15-12-19-8-4-2-5-9-19/h2-11,13-14,18H,12,15-17H2,1H3,(H,26,28)(H,29,30)/t18-/m0/s1. The molecule has 0 aliphatic rings. The van der Waals surface area contributed by atoms with E-state index in [1.54, 1.807) is 19.1 Å². The first-order valence-corrected chi connectivity index (χ1v) is 10.3. The Balaban J connectivity index is 1.83. The van der Waals surface area contributed by atoms with Gasteiger partial charge in [-0.2, -0.15) is 0 Å². The van der Waals surface area contributed by atoms with Gasteiger partial charge in [0.1, 0.15) is 5.69 Å². The van der Waals surface area contributed by atoms with E-state index in [-0.39, 0.29) is 24.4 Å². The number of pyridine rings is 1. The molecule has 6 nitrogen and oxygen atoms in total. The highest BCUT2D eigenvalue weighted by Crippen LogP contribution is 2.18. The lowest BCUT2D eigenvalue weighted by Gasteiger charge is -2.20. The van der Waals surface area contributed by atoms with E-state index in [0.717, 1.165) is 11.1 Å². The van der Waals surface area contributed by atoms with Crippen LogP contribution in [-0.4, -0.2) is 21.6 Å². The number of rotatable bonds is 9. The zero-order chi connectivity index (χ0) is 22.2. The van der Waals surface area contributed by atoms with E-state index in [0.29, 0.717) is 18.5 Å². The fourth-order valence-corrected chi connectivity index (χ4v) is 3.58. The maximum Gasteiger partial charge on any atom is 0.305 e. The average Bonchev–Trinajstić information content (AvgIpc) is 2.75. The lowest BCUT2D eigenvalue weighted by molar-refractivity contribution is -0.137. The summed E-state index contributed by atoms with van der Waals surface area (Å²) in [5.74, 6) is -1.24. The van der Waals surface area contributed by atoms with Gasteiger partial charge in [-0.3, -0.25) is 14.4 Å². The number of aromatic nitrogens is 1. The Bertz CT molecular complexity index is 1090. The second-order valence-corrected chi connectivity index (χ2v) is 7.56. The highest BCUT2D eigenvalue weighted by molar-refractivity contribution is 5.90. The second kappa shape index (κ2) is 10.4. The molecule has 0 fully saturated rings. The maximum absolute atomic E-state index is 13.2. The van der Waals surface area contributed by atoms with Gasteiger partial charge in [-0.25, -0.2) is 0 Å². The van der Waals surface area contributed by atoms with Crippen LogP contribution in [0.1, 0.15) is 42.6 Å². The summed E-state index contributed by atoms with van der Waals surface area (Å²) in [6.45, 7) is 1.70. The van der Waals surface area contributed by atoms with Crippen LogP contribution in [0.2, 0.25) is 0 Å². The van der Waals surface area contributed by atoms with Gasteiger partial charge in [0.25, 0.3) is 5.56 Å². The molecule has 31 heavy (non-hydrogen) atoms. The van der Waals surface area contributed by atoms with Gasteiger partial charge in [-0.1, -0.05) is 60.7 Å². The van der Waals surface area contributed by atoms with Crippen molar-refractivity contribution in [3.63, 3.8) is 0 Å². The minimum atomic E-state index is -0.984. The molecule has 3 aromatic rings. The third-order valence-electron chi connectivity index (χ3n) is 5.10. The van der Waals surface area contributed by atoms with Gasteiger partial charge < -0.3 is 15.0 Å². The third-order valence-corrected chi connectivity index (χ3v) is 5.10. The topological polar surface area (TPSA) is 88.4 Å². The van der Waals surface area contributed by atoms with E-state index < -0.39 is 17.6 Å². The minimum Gasteiger partial charge on any atom is -0.481 e. The monoisotopic (exact) mass is 418 g/mol. The van der Waals surface area contributed by atoms with E-state index in [1.807, 2.05) is 60.7 Å². The van der Waals surface area contributed by atoms with Crippen LogP contribution >= 0.6 is 0 Å². The summed E-state index contributed by atoms with van der Waals surface area (Å²) in [4.78, 5) is 36.8. The molecule has 1 amide bonds. The molecule has 0 saturated heterocycles. The van der Waals surface area contributed by atoms with Crippen molar-refractivity contribution in [2.75, 3.05) is 5.32 Å². The smallest absolute Gasteiger partial charge is 0.305 e. The molecule has 0 bridgehead atoms. The van der Waals surface area contributed by atoms with Crippen molar-refractivity contribution in [1.82, 2.24) is 4.57 Å². The number of hydrogen-bond donors (Lipinski definition) is 2. The van der Waals surface area contributed by atoms with Crippen molar-refractivity contribution in [2.24, 2.45) is 0 Å². The van der Waals surface area contributed by atoms with Crippen LogP contribution < -0.4 is 10.9 Å². The molecule has 1 heterocycles. The number of carboxylic acid groups (broad SMARTS) is 1. The van der Waals surface area contributed by atoms with Gasteiger partial charge in [0.05, 0.1) is 6.42 Å². The summed E-state index contributed by atoms with van der Waals surface area (Å²) >= 11 is 0. The van der Waals surface area contributed by atoms with Crippen LogP contribution in [0, 0.1) is 0 Å². The summed E-state index contributed by atoms with van der Waals surface area (Å²) in [5.41, 5.74) is 2.52. The average molecular weight is 418 g/mol. The molecule has 0 aliphatic carbocycles. The number of nitrogens with one attached hydrogen (secondary N) is 1. The van der Waals surface area contributed by atoms with Crippen molar-refractivity contribution < 1.29 is 14.7 Å². The molecule has 1 aromatic heterocycles. The summed E-state index contributed by atoms with van der Waals surface area (Å²) in [5, 5.41) is 11.9. The van der Waals surface area contributed by atoms with Crippen LogP contribution in [0.4, 0.5) is 5.69 Å². The van der Waals surface area contributed by atoms with E-state index in [9.17, 15) is 19.5 Å². The van der Waals surface area contributed by atoms with Crippen molar-refractivity contribution in [3.8, 4) is 0 Å². The molecule has 0 radical (unpaired) electrons. The van der Waals surface area contributed by atoms with Gasteiger partial charge in [-0.05, 0) is 36.6 Å². The number of aryl methyl sites for hydroxylation is 1. The summed E-state index contributed by atoms with van der Waals surface area (Å²) in [6.07, 6.45) is 1.12. The second-order valence-electron chi connectivity index (χ2n) is 7.56. The summed E-state index contributed by atoms with van der Waals surface area (Å²) in [6, 6.07) is 22.1. The third kappa shape index (κ3) is 6.15. The first kappa shape index (κ1) is 22.0. The summed E-state index contributed by atoms with van der Waals surface area (Å²) in [7, 11) is 0. The Morgan fingerprint density at radius 3 is 2.16 bits per heavy atom. The number of amides is 1. The largest absolute Gasteiger partial charge is 0.481 e. The highest BCUT2D eigenvalue weighted by Gasteiger charge is 2.18. The van der Waals surface area contributed by atoms with Crippen molar-refractivity contribution in [3.05, 3.63) is 100.0 Å². The molecule has 0 unspecified atom stereocenters. The normalized spacial score (nSPS) is 11.6. The van der Waals surface area contributed by atoms with Crippen molar-refractivity contribution in [2.45, 2.75) is 38.6 Å². The lowest BCUT2D eigenvalue weighted by Crippen LogP contribution is -2.31. The molecule has 3 rings (SSSR count). The van der Waals surface area contributed by atoms with Gasteiger partial charge in [0.2, 0.25) is 5.91 Å². The quantitative estimate of drug-likeness (QED) is 0.549. The fraction of sp³-hybridized carbons (Fsp3) is 0.240. The van der Waals surface area contributed by atoms with Crippen LogP contribution in [0.25, 0.3) is 0 Å². The van der Waals surface area contributed by atoms with E-state index in [2.05, 4.69) is 5.32 Å². The number of benzene rings is 2. The predicted molar refractivity (Wildman–Crippen MR) is 120 cm³/mol. The maximum atomic E-state index is 13.2. The van der Waals surface area contributed by atoms with Crippen LogP contribution in [0.3, 0.4) is 0 Å². The molecule has 2 aromatic carbocycles. The molecule has 160 valence electrons. The predicted octanol–water partition coefficient (Wildman–Crippen LogP) is 4.05. The summed E-state index contributed by atoms with van der Waals surface area (Å²) < 4.78 is 1.48. The number of carbonyl (C=O) groups is 2. The lowest BCUT2D eigenvalue weighted by atomic mass is 10.1. The Morgan fingerprint density at radius 2 is 1.55 bits per heavy atom. The Kier molecular flexibility index (Phi) is 7.38. The number of carboxylic acids is 1. The minimum absolute atomic E-state index is 0.159. The molecular weight excluding hydrogens is 392 g/mol. The van der Waals surface area contributed by atoms with Crippen LogP contribution in [0.5, 0.6) is 0 Å². The SMILES string of the molecule is C[C@@H](CC(=O)O)n1c(Cc2ccccc2)ccc(NC(=O)CCc2ccccc2)c1=O. The fourth-order valence-electron chi connectivity index (χ4n) is 3.58. The van der Waals surface area contributed by atoms with E-state index >= 15 is 0 Å². The molecule has 0 aliphatic heterocycles. The zero-order valence-corrected chi connectivity index (χ0v) is 17.5.